The Hall–Kier alpha value is -3.04. The molecule has 2 rings (SSSR count). The number of carbonyl (C=O) groups is 2. The molecule has 0 bridgehead atoms. The molecule has 0 fully saturated rings. The molecule has 0 radical (unpaired) electrons. The monoisotopic (exact) mass is 296 g/mol. The zero-order chi connectivity index (χ0) is 15.4. The van der Waals surface area contributed by atoms with Crippen molar-refractivity contribution >= 4 is 17.7 Å². The molecule has 0 spiro atoms. The lowest BCUT2D eigenvalue weighted by molar-refractivity contribution is -0.803. The van der Waals surface area contributed by atoms with Crippen molar-refractivity contribution in [3.8, 4) is 0 Å². The molecular formula is C11H12N4O6. The third-order valence-corrected chi connectivity index (χ3v) is 2.42. The van der Waals surface area contributed by atoms with Crippen molar-refractivity contribution in [1.29, 1.82) is 0 Å². The van der Waals surface area contributed by atoms with E-state index in [1.54, 1.807) is 6.92 Å². The molecule has 0 aliphatic rings. The molecule has 2 heterocycles. The second-order valence-corrected chi connectivity index (χ2v) is 3.83. The van der Waals surface area contributed by atoms with Crippen LogP contribution in [0.25, 0.3) is 0 Å². The van der Waals surface area contributed by atoms with Gasteiger partial charge in [-0.25, -0.2) is 4.79 Å². The minimum Gasteiger partial charge on any atom is -0.460 e. The standard InChI is InChI=1S/C11H12N4O6/c1-2-19-11(17)7-4-3-6(20-7)5-13-10(16)8-9(12)14-21-15(8)18/h3-4H,2,5H2,1H3,(H2,12,14)(H,13,16). The molecule has 0 saturated heterocycles. The average Bonchev–Trinajstić information content (AvgIpc) is 3.04. The van der Waals surface area contributed by atoms with Gasteiger partial charge < -0.3 is 25.4 Å². The van der Waals surface area contributed by atoms with Gasteiger partial charge in [-0.1, -0.05) is 0 Å². The predicted molar refractivity (Wildman–Crippen MR) is 65.7 cm³/mol. The number of esters is 1. The molecule has 21 heavy (non-hydrogen) atoms. The molecule has 2 aromatic heterocycles. The van der Waals surface area contributed by atoms with E-state index in [9.17, 15) is 14.8 Å². The van der Waals surface area contributed by atoms with Gasteiger partial charge in [0.25, 0.3) is 0 Å². The zero-order valence-corrected chi connectivity index (χ0v) is 11.0. The summed E-state index contributed by atoms with van der Waals surface area (Å²) < 4.78 is 14.1. The van der Waals surface area contributed by atoms with E-state index < -0.39 is 17.6 Å². The highest BCUT2D eigenvalue weighted by molar-refractivity contribution is 5.94. The molecule has 0 atom stereocenters. The number of nitrogens with zero attached hydrogens (tertiary/aromatic N) is 2. The van der Waals surface area contributed by atoms with Crippen LogP contribution in [0.15, 0.2) is 21.2 Å². The van der Waals surface area contributed by atoms with Crippen molar-refractivity contribution < 1.29 is 28.3 Å². The summed E-state index contributed by atoms with van der Waals surface area (Å²) in [5.74, 6) is -1.38. The highest BCUT2D eigenvalue weighted by Gasteiger charge is 2.24. The SMILES string of the molecule is CCOC(=O)c1ccc(CNC(=O)c2c(N)no[n+]2[O-])o1. The molecule has 0 aliphatic heterocycles. The van der Waals surface area contributed by atoms with Gasteiger partial charge in [-0.15, -0.1) is 0 Å². The van der Waals surface area contributed by atoms with E-state index in [2.05, 4.69) is 15.1 Å². The van der Waals surface area contributed by atoms with E-state index in [0.29, 0.717) is 5.76 Å². The van der Waals surface area contributed by atoms with Gasteiger partial charge in [0.05, 0.1) is 18.3 Å². The Bertz CT molecular complexity index is 642. The third-order valence-electron chi connectivity index (χ3n) is 2.42. The number of furan rings is 1. The molecule has 0 unspecified atom stereocenters. The van der Waals surface area contributed by atoms with Crippen LogP contribution in [0.3, 0.4) is 0 Å². The van der Waals surface area contributed by atoms with Crippen LogP contribution >= 0.6 is 0 Å². The number of rotatable bonds is 5. The Labute approximate surface area is 118 Å². The van der Waals surface area contributed by atoms with Gasteiger partial charge in [-0.3, -0.25) is 9.42 Å². The van der Waals surface area contributed by atoms with Gasteiger partial charge in [0, 0.05) is 0 Å². The maximum Gasteiger partial charge on any atom is 0.374 e. The number of amides is 1. The lowest BCUT2D eigenvalue weighted by atomic mass is 10.3. The van der Waals surface area contributed by atoms with Gasteiger partial charge in [-0.05, 0) is 24.0 Å². The molecule has 10 nitrogen and oxygen atoms in total. The number of hydrogen-bond donors (Lipinski definition) is 2. The zero-order valence-electron chi connectivity index (χ0n) is 11.0. The largest absolute Gasteiger partial charge is 0.460 e. The first-order valence-electron chi connectivity index (χ1n) is 5.92. The van der Waals surface area contributed by atoms with Crippen LogP contribution in [0, 0.1) is 5.21 Å². The Balaban J connectivity index is 1.97. The van der Waals surface area contributed by atoms with Crippen molar-refractivity contribution in [2.45, 2.75) is 13.5 Å². The van der Waals surface area contributed by atoms with Crippen LogP contribution in [0.4, 0.5) is 5.82 Å². The number of ether oxygens (including phenoxy) is 1. The Morgan fingerprint density at radius 1 is 1.52 bits per heavy atom. The minimum atomic E-state index is -0.780. The van der Waals surface area contributed by atoms with Crippen LogP contribution in [0.5, 0.6) is 0 Å². The number of aromatic nitrogens is 2. The van der Waals surface area contributed by atoms with Gasteiger partial charge in [-0.2, -0.15) is 0 Å². The van der Waals surface area contributed by atoms with Crippen molar-refractivity contribution in [2.75, 3.05) is 12.3 Å². The maximum atomic E-state index is 11.7. The predicted octanol–water partition coefficient (Wildman–Crippen LogP) is -0.410. The third kappa shape index (κ3) is 3.11. The normalized spacial score (nSPS) is 10.3. The minimum absolute atomic E-state index is 0.0180. The van der Waals surface area contributed by atoms with E-state index in [1.807, 2.05) is 0 Å². The molecule has 10 heteroatoms. The van der Waals surface area contributed by atoms with Crippen LogP contribution in [-0.4, -0.2) is 23.6 Å². The summed E-state index contributed by atoms with van der Waals surface area (Å²) in [5, 5.41) is 16.6. The summed E-state index contributed by atoms with van der Waals surface area (Å²) in [4.78, 5) is 23.0. The molecule has 2 aromatic rings. The van der Waals surface area contributed by atoms with Gasteiger partial charge in [0.15, 0.2) is 0 Å². The summed E-state index contributed by atoms with van der Waals surface area (Å²) >= 11 is 0. The molecule has 0 aliphatic carbocycles. The number of hydrogen-bond acceptors (Lipinski definition) is 8. The van der Waals surface area contributed by atoms with Crippen LogP contribution in [-0.2, 0) is 11.3 Å². The highest BCUT2D eigenvalue weighted by Crippen LogP contribution is 2.10. The second-order valence-electron chi connectivity index (χ2n) is 3.83. The van der Waals surface area contributed by atoms with Gasteiger partial charge in [0.1, 0.15) is 5.76 Å². The van der Waals surface area contributed by atoms with E-state index in [0.717, 1.165) is 0 Å². The fourth-order valence-corrected chi connectivity index (χ4v) is 1.49. The van der Waals surface area contributed by atoms with Crippen LogP contribution < -0.4 is 16.0 Å². The summed E-state index contributed by atoms with van der Waals surface area (Å²) in [6, 6.07) is 2.91. The highest BCUT2D eigenvalue weighted by atomic mass is 16.8. The lowest BCUT2D eigenvalue weighted by Gasteiger charge is -2.00. The molecule has 0 saturated carbocycles. The fourth-order valence-electron chi connectivity index (χ4n) is 1.49. The van der Waals surface area contributed by atoms with Crippen molar-refractivity contribution in [3.63, 3.8) is 0 Å². The van der Waals surface area contributed by atoms with E-state index >= 15 is 0 Å². The Morgan fingerprint density at radius 3 is 2.90 bits per heavy atom. The number of carbonyl (C=O) groups excluding carboxylic acids is 2. The summed E-state index contributed by atoms with van der Waals surface area (Å²) in [5.41, 5.74) is 4.87. The van der Waals surface area contributed by atoms with Crippen LogP contribution in [0.2, 0.25) is 0 Å². The second kappa shape index (κ2) is 5.94. The first-order chi connectivity index (χ1) is 10.0. The first kappa shape index (κ1) is 14.4. The van der Waals surface area contributed by atoms with Gasteiger partial charge >= 0.3 is 23.4 Å². The number of nitrogens with two attached hydrogens (primary N) is 1. The van der Waals surface area contributed by atoms with Gasteiger partial charge in [0.2, 0.25) is 5.76 Å². The van der Waals surface area contributed by atoms with Crippen molar-refractivity contribution in [1.82, 2.24) is 10.5 Å². The molecule has 0 aromatic carbocycles. The van der Waals surface area contributed by atoms with Crippen LogP contribution in [0.1, 0.15) is 33.7 Å². The average molecular weight is 296 g/mol. The van der Waals surface area contributed by atoms with E-state index in [-0.39, 0.29) is 29.6 Å². The molecular weight excluding hydrogens is 284 g/mol. The molecule has 3 N–H and O–H groups in total. The molecule has 112 valence electrons. The fraction of sp³-hybridized carbons (Fsp3) is 0.273. The van der Waals surface area contributed by atoms with E-state index in [1.165, 1.54) is 12.1 Å². The number of nitrogens with one attached hydrogen (secondary N) is 1. The number of nitrogen functional groups attached to an aromatic ring is 1. The Kier molecular flexibility index (Phi) is 4.07. The van der Waals surface area contributed by atoms with Crippen molar-refractivity contribution in [2.24, 2.45) is 0 Å². The summed E-state index contributed by atoms with van der Waals surface area (Å²) in [6.45, 7) is 1.84. The Morgan fingerprint density at radius 2 is 2.29 bits per heavy atom. The topological polar surface area (TPSA) is 148 Å². The summed E-state index contributed by atoms with van der Waals surface area (Å²) in [6.07, 6.45) is 0. The lowest BCUT2D eigenvalue weighted by Crippen LogP contribution is -2.37. The van der Waals surface area contributed by atoms with Crippen molar-refractivity contribution in [3.05, 3.63) is 34.6 Å². The summed E-state index contributed by atoms with van der Waals surface area (Å²) in [7, 11) is 0. The number of anilines is 1. The van der Waals surface area contributed by atoms with E-state index in [4.69, 9.17) is 14.9 Å². The quantitative estimate of drug-likeness (QED) is 0.558. The smallest absolute Gasteiger partial charge is 0.374 e. The maximum absolute atomic E-state index is 11.7. The first-order valence-corrected chi connectivity index (χ1v) is 5.92. The molecule has 1 amide bonds.